The van der Waals surface area contributed by atoms with Crippen molar-refractivity contribution in [3.63, 3.8) is 0 Å². The first kappa shape index (κ1) is 15.1. The predicted octanol–water partition coefficient (Wildman–Crippen LogP) is 2.61. The Kier molecular flexibility index (Phi) is 4.62. The van der Waals surface area contributed by atoms with Gasteiger partial charge in [0.15, 0.2) is 0 Å². The van der Waals surface area contributed by atoms with E-state index in [1.54, 1.807) is 6.20 Å². The number of nitrogen functional groups attached to an aromatic ring is 1. The Morgan fingerprint density at radius 1 is 1.33 bits per heavy atom. The minimum Gasteiger partial charge on any atom is -0.399 e. The van der Waals surface area contributed by atoms with Gasteiger partial charge in [0.2, 0.25) is 5.91 Å². The number of amides is 1. The van der Waals surface area contributed by atoms with E-state index >= 15 is 0 Å². The zero-order valence-corrected chi connectivity index (χ0v) is 12.7. The topological polar surface area (TPSA) is 72.9 Å². The van der Waals surface area contributed by atoms with Gasteiger partial charge < -0.3 is 15.6 Å². The molecule has 0 aliphatic rings. The van der Waals surface area contributed by atoms with Gasteiger partial charge in [0.1, 0.15) is 11.9 Å². The molecule has 0 spiro atoms. The lowest BCUT2D eigenvalue weighted by Gasteiger charge is -2.19. The van der Waals surface area contributed by atoms with E-state index in [2.05, 4.69) is 10.3 Å². The number of hydrogen-bond donors (Lipinski definition) is 2. The van der Waals surface area contributed by atoms with E-state index in [1.165, 1.54) is 0 Å². The maximum atomic E-state index is 12.3. The van der Waals surface area contributed by atoms with E-state index in [1.807, 2.05) is 55.8 Å². The van der Waals surface area contributed by atoms with Crippen LogP contribution < -0.4 is 11.1 Å². The molecule has 5 heteroatoms. The highest BCUT2D eigenvalue weighted by molar-refractivity contribution is 5.81. The second-order valence-corrected chi connectivity index (χ2v) is 5.27. The molecule has 0 saturated heterocycles. The van der Waals surface area contributed by atoms with Crippen LogP contribution in [0.15, 0.2) is 36.7 Å². The molecule has 21 heavy (non-hydrogen) atoms. The zero-order chi connectivity index (χ0) is 15.4. The molecule has 0 aliphatic heterocycles. The Hall–Kier alpha value is -2.30. The molecule has 0 saturated carbocycles. The SMILES string of the molecule is CCC(C)NC(=O)C(C)n1ccnc1-c1ccc(N)cc1. The maximum absolute atomic E-state index is 12.3. The normalized spacial score (nSPS) is 13.7. The van der Waals surface area contributed by atoms with Crippen LogP contribution in [0, 0.1) is 0 Å². The van der Waals surface area contributed by atoms with Crippen molar-refractivity contribution in [1.82, 2.24) is 14.9 Å². The molecule has 1 aromatic heterocycles. The van der Waals surface area contributed by atoms with Gasteiger partial charge in [-0.05, 0) is 44.5 Å². The molecule has 2 rings (SSSR count). The summed E-state index contributed by atoms with van der Waals surface area (Å²) in [5, 5.41) is 3.00. The van der Waals surface area contributed by atoms with Crippen LogP contribution in [0.25, 0.3) is 11.4 Å². The van der Waals surface area contributed by atoms with Crippen molar-refractivity contribution in [1.29, 1.82) is 0 Å². The quantitative estimate of drug-likeness (QED) is 0.830. The van der Waals surface area contributed by atoms with Crippen LogP contribution in [0.5, 0.6) is 0 Å². The third kappa shape index (κ3) is 3.42. The van der Waals surface area contributed by atoms with Gasteiger partial charge in [0.25, 0.3) is 0 Å². The second kappa shape index (κ2) is 6.43. The van der Waals surface area contributed by atoms with Crippen molar-refractivity contribution in [3.05, 3.63) is 36.7 Å². The number of hydrogen-bond acceptors (Lipinski definition) is 3. The first-order valence-corrected chi connectivity index (χ1v) is 7.22. The molecule has 5 nitrogen and oxygen atoms in total. The highest BCUT2D eigenvalue weighted by Crippen LogP contribution is 2.22. The van der Waals surface area contributed by atoms with Crippen LogP contribution >= 0.6 is 0 Å². The van der Waals surface area contributed by atoms with Gasteiger partial charge in [0.05, 0.1) is 0 Å². The summed E-state index contributed by atoms with van der Waals surface area (Å²) in [6.45, 7) is 5.92. The maximum Gasteiger partial charge on any atom is 0.243 e. The lowest BCUT2D eigenvalue weighted by atomic mass is 10.1. The molecule has 3 N–H and O–H groups in total. The largest absolute Gasteiger partial charge is 0.399 e. The average molecular weight is 286 g/mol. The standard InChI is InChI=1S/C16H22N4O/c1-4-11(2)19-16(21)12(3)20-10-9-18-15(20)13-5-7-14(17)8-6-13/h5-12H,4,17H2,1-3H3,(H,19,21). The Labute approximate surface area is 125 Å². The molecule has 2 aromatic rings. The van der Waals surface area contributed by atoms with Crippen molar-refractivity contribution in [2.24, 2.45) is 0 Å². The van der Waals surface area contributed by atoms with E-state index < -0.39 is 0 Å². The minimum absolute atomic E-state index is 0.000884. The molecule has 0 fully saturated rings. The molecular weight excluding hydrogens is 264 g/mol. The lowest BCUT2D eigenvalue weighted by Crippen LogP contribution is -2.37. The third-order valence-electron chi connectivity index (χ3n) is 3.64. The molecule has 1 amide bonds. The molecule has 2 atom stereocenters. The number of rotatable bonds is 5. The summed E-state index contributed by atoms with van der Waals surface area (Å²) in [6, 6.07) is 7.34. The summed E-state index contributed by atoms with van der Waals surface area (Å²) in [5.41, 5.74) is 7.35. The van der Waals surface area contributed by atoms with Crippen LogP contribution in [0.3, 0.4) is 0 Å². The molecule has 2 unspecified atom stereocenters. The van der Waals surface area contributed by atoms with Crippen molar-refractivity contribution in [2.45, 2.75) is 39.3 Å². The fraction of sp³-hybridized carbons (Fsp3) is 0.375. The summed E-state index contributed by atoms with van der Waals surface area (Å²) in [5.74, 6) is 0.765. The van der Waals surface area contributed by atoms with Crippen molar-refractivity contribution < 1.29 is 4.79 Å². The van der Waals surface area contributed by atoms with Gasteiger partial charge in [-0.3, -0.25) is 4.79 Å². The number of carbonyl (C=O) groups excluding carboxylic acids is 1. The molecule has 0 radical (unpaired) electrons. The monoisotopic (exact) mass is 286 g/mol. The third-order valence-corrected chi connectivity index (χ3v) is 3.64. The van der Waals surface area contributed by atoms with Gasteiger partial charge in [-0.2, -0.15) is 0 Å². The first-order valence-electron chi connectivity index (χ1n) is 7.22. The summed E-state index contributed by atoms with van der Waals surface area (Å²) in [4.78, 5) is 16.6. The van der Waals surface area contributed by atoms with E-state index in [9.17, 15) is 4.79 Å². The van der Waals surface area contributed by atoms with Crippen LogP contribution in [-0.2, 0) is 4.79 Å². The predicted molar refractivity (Wildman–Crippen MR) is 84.7 cm³/mol. The van der Waals surface area contributed by atoms with Gasteiger partial charge in [-0.25, -0.2) is 4.98 Å². The van der Waals surface area contributed by atoms with Crippen LogP contribution in [0.2, 0.25) is 0 Å². The van der Waals surface area contributed by atoms with Crippen LogP contribution in [0.4, 0.5) is 5.69 Å². The molecule has 1 heterocycles. The Morgan fingerprint density at radius 3 is 2.62 bits per heavy atom. The van der Waals surface area contributed by atoms with E-state index in [0.29, 0.717) is 5.69 Å². The fourth-order valence-electron chi connectivity index (χ4n) is 2.07. The smallest absolute Gasteiger partial charge is 0.243 e. The van der Waals surface area contributed by atoms with Crippen LogP contribution in [-0.4, -0.2) is 21.5 Å². The van der Waals surface area contributed by atoms with Crippen LogP contribution in [0.1, 0.15) is 33.2 Å². The number of carbonyl (C=O) groups is 1. The summed E-state index contributed by atoms with van der Waals surface area (Å²) in [6.07, 6.45) is 4.44. The number of aromatic nitrogens is 2. The average Bonchev–Trinajstić information content (AvgIpc) is 2.96. The summed E-state index contributed by atoms with van der Waals surface area (Å²) >= 11 is 0. The number of benzene rings is 1. The Morgan fingerprint density at radius 2 is 2.00 bits per heavy atom. The molecule has 0 aliphatic carbocycles. The van der Waals surface area contributed by atoms with Gasteiger partial charge in [0, 0.05) is 29.7 Å². The fourth-order valence-corrected chi connectivity index (χ4v) is 2.07. The number of nitrogens with zero attached hydrogens (tertiary/aromatic N) is 2. The van der Waals surface area contributed by atoms with E-state index in [-0.39, 0.29) is 18.0 Å². The summed E-state index contributed by atoms with van der Waals surface area (Å²) < 4.78 is 1.88. The highest BCUT2D eigenvalue weighted by atomic mass is 16.2. The van der Waals surface area contributed by atoms with E-state index in [0.717, 1.165) is 17.8 Å². The lowest BCUT2D eigenvalue weighted by molar-refractivity contribution is -0.124. The number of nitrogens with two attached hydrogens (primary N) is 1. The van der Waals surface area contributed by atoms with Gasteiger partial charge >= 0.3 is 0 Å². The van der Waals surface area contributed by atoms with Gasteiger partial charge in [-0.1, -0.05) is 6.92 Å². The van der Waals surface area contributed by atoms with Crippen molar-refractivity contribution >= 4 is 11.6 Å². The van der Waals surface area contributed by atoms with Crippen molar-refractivity contribution in [3.8, 4) is 11.4 Å². The number of nitrogens with one attached hydrogen (secondary N) is 1. The number of imidazole rings is 1. The Bertz CT molecular complexity index is 603. The van der Waals surface area contributed by atoms with Gasteiger partial charge in [-0.15, -0.1) is 0 Å². The minimum atomic E-state index is -0.311. The highest BCUT2D eigenvalue weighted by Gasteiger charge is 2.19. The van der Waals surface area contributed by atoms with E-state index in [4.69, 9.17) is 5.73 Å². The summed E-state index contributed by atoms with van der Waals surface area (Å²) in [7, 11) is 0. The second-order valence-electron chi connectivity index (χ2n) is 5.27. The molecular formula is C16H22N4O. The molecule has 0 bridgehead atoms. The number of anilines is 1. The van der Waals surface area contributed by atoms with Crippen molar-refractivity contribution in [2.75, 3.05) is 5.73 Å². The Balaban J connectivity index is 2.23. The molecule has 112 valence electrons. The molecule has 1 aromatic carbocycles. The zero-order valence-electron chi connectivity index (χ0n) is 12.7. The first-order chi connectivity index (χ1) is 10.0.